The first kappa shape index (κ1) is 15.5. The van der Waals surface area contributed by atoms with Crippen LogP contribution in [0.4, 0.5) is 0 Å². The van der Waals surface area contributed by atoms with Gasteiger partial charge in [0.1, 0.15) is 0 Å². The highest BCUT2D eigenvalue weighted by molar-refractivity contribution is 9.10. The number of benzene rings is 1. The van der Waals surface area contributed by atoms with E-state index in [1.165, 1.54) is 5.56 Å². The minimum Gasteiger partial charge on any atom is -0.393 e. The fourth-order valence-corrected chi connectivity index (χ4v) is 3.15. The van der Waals surface area contributed by atoms with Crippen LogP contribution in [-0.4, -0.2) is 35.1 Å². The van der Waals surface area contributed by atoms with E-state index < -0.39 is 0 Å². The second-order valence-corrected chi connectivity index (χ2v) is 6.41. The first-order valence-corrected chi connectivity index (χ1v) is 8.10. The maximum Gasteiger partial charge on any atom is 0.226 e. The molecule has 1 aromatic rings. The molecule has 20 heavy (non-hydrogen) atoms. The summed E-state index contributed by atoms with van der Waals surface area (Å²) in [5, 5.41) is 9.53. The number of aliphatic hydroxyl groups is 1. The first-order chi connectivity index (χ1) is 9.60. The molecule has 0 aromatic heterocycles. The van der Waals surface area contributed by atoms with Gasteiger partial charge in [-0.1, -0.05) is 35.0 Å². The zero-order valence-corrected chi connectivity index (χ0v) is 13.5. The van der Waals surface area contributed by atoms with Gasteiger partial charge in [-0.05, 0) is 43.4 Å². The summed E-state index contributed by atoms with van der Waals surface area (Å²) >= 11 is 3.47. The third-order valence-electron chi connectivity index (χ3n) is 3.99. The molecule has 0 spiro atoms. The Morgan fingerprint density at radius 2 is 2.15 bits per heavy atom. The van der Waals surface area contributed by atoms with Crippen LogP contribution in [-0.2, 0) is 11.2 Å². The van der Waals surface area contributed by atoms with E-state index in [9.17, 15) is 9.90 Å². The number of aliphatic hydroxyl groups excluding tert-OH is 1. The number of carbonyl (C=O) groups excluding carboxylic acids is 1. The van der Waals surface area contributed by atoms with Crippen LogP contribution in [0.25, 0.3) is 0 Å². The van der Waals surface area contributed by atoms with Gasteiger partial charge in [-0.2, -0.15) is 0 Å². The molecule has 1 aromatic carbocycles. The number of rotatable bonds is 4. The van der Waals surface area contributed by atoms with Gasteiger partial charge in [-0.15, -0.1) is 0 Å². The van der Waals surface area contributed by atoms with Crippen LogP contribution in [0, 0.1) is 5.92 Å². The molecule has 0 bridgehead atoms. The normalized spacial score (nSPS) is 18.1. The standard InChI is InChI=1S/C16H22BrNO2/c1-2-13(10-12-4-3-5-14(17)11-12)16(20)18-8-6-15(19)7-9-18/h3-5,11,13,15,19H,2,6-10H2,1H3/t13-/m0/s1. The Kier molecular flexibility index (Phi) is 5.61. The van der Waals surface area contributed by atoms with Gasteiger partial charge < -0.3 is 10.0 Å². The summed E-state index contributed by atoms with van der Waals surface area (Å²) in [5.41, 5.74) is 1.19. The lowest BCUT2D eigenvalue weighted by molar-refractivity contribution is -0.137. The fourth-order valence-electron chi connectivity index (χ4n) is 2.70. The number of amides is 1. The number of halogens is 1. The summed E-state index contributed by atoms with van der Waals surface area (Å²) in [6.07, 6.45) is 2.82. The third-order valence-corrected chi connectivity index (χ3v) is 4.48. The lowest BCUT2D eigenvalue weighted by Gasteiger charge is -2.32. The summed E-state index contributed by atoms with van der Waals surface area (Å²) in [6.45, 7) is 3.45. The van der Waals surface area contributed by atoms with Crippen molar-refractivity contribution in [2.45, 2.75) is 38.7 Å². The van der Waals surface area contributed by atoms with E-state index in [1.54, 1.807) is 0 Å². The predicted molar refractivity (Wildman–Crippen MR) is 83.4 cm³/mol. The molecular weight excluding hydrogens is 318 g/mol. The second kappa shape index (κ2) is 7.23. The van der Waals surface area contributed by atoms with Gasteiger partial charge in [-0.25, -0.2) is 0 Å². The van der Waals surface area contributed by atoms with E-state index in [-0.39, 0.29) is 17.9 Å². The van der Waals surface area contributed by atoms with Crippen LogP contribution in [0.5, 0.6) is 0 Å². The molecule has 1 aliphatic heterocycles. The van der Waals surface area contributed by atoms with Gasteiger partial charge in [0.2, 0.25) is 5.91 Å². The van der Waals surface area contributed by atoms with Crippen molar-refractivity contribution in [2.24, 2.45) is 5.92 Å². The van der Waals surface area contributed by atoms with Gasteiger partial charge >= 0.3 is 0 Å². The van der Waals surface area contributed by atoms with Crippen molar-refractivity contribution in [1.29, 1.82) is 0 Å². The number of carbonyl (C=O) groups is 1. The Morgan fingerprint density at radius 1 is 1.45 bits per heavy atom. The molecule has 0 saturated carbocycles. The highest BCUT2D eigenvalue weighted by Gasteiger charge is 2.26. The number of hydrogen-bond donors (Lipinski definition) is 1. The van der Waals surface area contributed by atoms with Crippen molar-refractivity contribution in [3.63, 3.8) is 0 Å². The SMILES string of the molecule is CC[C@@H](Cc1cccc(Br)c1)C(=O)N1CCC(O)CC1. The van der Waals surface area contributed by atoms with Gasteiger partial charge in [0.25, 0.3) is 0 Å². The monoisotopic (exact) mass is 339 g/mol. The molecule has 0 unspecified atom stereocenters. The van der Waals surface area contributed by atoms with Crippen molar-refractivity contribution in [3.05, 3.63) is 34.3 Å². The van der Waals surface area contributed by atoms with Crippen molar-refractivity contribution in [3.8, 4) is 0 Å². The number of likely N-dealkylation sites (tertiary alicyclic amines) is 1. The smallest absolute Gasteiger partial charge is 0.226 e. The number of nitrogens with zero attached hydrogens (tertiary/aromatic N) is 1. The third kappa shape index (κ3) is 4.06. The molecule has 1 aliphatic rings. The van der Waals surface area contributed by atoms with E-state index in [0.29, 0.717) is 25.9 Å². The van der Waals surface area contributed by atoms with E-state index in [1.807, 2.05) is 17.0 Å². The Balaban J connectivity index is 1.99. The minimum atomic E-state index is -0.232. The van der Waals surface area contributed by atoms with Crippen LogP contribution in [0.1, 0.15) is 31.7 Å². The molecule has 3 nitrogen and oxygen atoms in total. The zero-order valence-electron chi connectivity index (χ0n) is 11.9. The van der Waals surface area contributed by atoms with Gasteiger partial charge in [0.05, 0.1) is 6.10 Å². The largest absolute Gasteiger partial charge is 0.393 e. The lowest BCUT2D eigenvalue weighted by Crippen LogP contribution is -2.43. The van der Waals surface area contributed by atoms with Crippen LogP contribution >= 0.6 is 15.9 Å². The summed E-state index contributed by atoms with van der Waals surface area (Å²) in [4.78, 5) is 14.5. The van der Waals surface area contributed by atoms with E-state index in [0.717, 1.165) is 17.3 Å². The van der Waals surface area contributed by atoms with Crippen LogP contribution in [0.2, 0.25) is 0 Å². The highest BCUT2D eigenvalue weighted by atomic mass is 79.9. The average Bonchev–Trinajstić information content (AvgIpc) is 2.45. The summed E-state index contributed by atoms with van der Waals surface area (Å²) < 4.78 is 1.05. The van der Waals surface area contributed by atoms with Crippen molar-refractivity contribution >= 4 is 21.8 Å². The van der Waals surface area contributed by atoms with Gasteiger partial charge in [-0.3, -0.25) is 4.79 Å². The molecule has 1 fully saturated rings. The Labute approximate surface area is 129 Å². The van der Waals surface area contributed by atoms with Gasteiger partial charge in [0.15, 0.2) is 0 Å². The molecule has 0 radical (unpaired) electrons. The minimum absolute atomic E-state index is 0.0412. The second-order valence-electron chi connectivity index (χ2n) is 5.50. The summed E-state index contributed by atoms with van der Waals surface area (Å²) in [6, 6.07) is 8.16. The average molecular weight is 340 g/mol. The van der Waals surface area contributed by atoms with Gasteiger partial charge in [0, 0.05) is 23.5 Å². The molecule has 1 atom stereocenters. The predicted octanol–water partition coefficient (Wildman–Crippen LogP) is 3.00. The molecule has 1 N–H and O–H groups in total. The van der Waals surface area contributed by atoms with E-state index >= 15 is 0 Å². The van der Waals surface area contributed by atoms with Crippen molar-refractivity contribution in [1.82, 2.24) is 4.90 Å². The molecule has 1 saturated heterocycles. The number of hydrogen-bond acceptors (Lipinski definition) is 2. The first-order valence-electron chi connectivity index (χ1n) is 7.31. The topological polar surface area (TPSA) is 40.5 Å². The molecule has 0 aliphatic carbocycles. The Hall–Kier alpha value is -0.870. The van der Waals surface area contributed by atoms with Crippen LogP contribution < -0.4 is 0 Å². The Morgan fingerprint density at radius 3 is 2.75 bits per heavy atom. The molecule has 2 rings (SSSR count). The van der Waals surface area contributed by atoms with Crippen molar-refractivity contribution in [2.75, 3.05) is 13.1 Å². The van der Waals surface area contributed by atoms with E-state index in [2.05, 4.69) is 35.0 Å². The molecular formula is C16H22BrNO2. The molecule has 1 amide bonds. The molecule has 4 heteroatoms. The number of piperidine rings is 1. The summed E-state index contributed by atoms with van der Waals surface area (Å²) in [5.74, 6) is 0.277. The van der Waals surface area contributed by atoms with Crippen LogP contribution in [0.15, 0.2) is 28.7 Å². The molecule has 1 heterocycles. The Bertz CT molecular complexity index is 456. The maximum absolute atomic E-state index is 12.6. The quantitative estimate of drug-likeness (QED) is 0.915. The van der Waals surface area contributed by atoms with Crippen molar-refractivity contribution < 1.29 is 9.90 Å². The van der Waals surface area contributed by atoms with E-state index in [4.69, 9.17) is 0 Å². The lowest BCUT2D eigenvalue weighted by atomic mass is 9.94. The summed E-state index contributed by atoms with van der Waals surface area (Å²) in [7, 11) is 0. The van der Waals surface area contributed by atoms with Crippen LogP contribution in [0.3, 0.4) is 0 Å². The fraction of sp³-hybridized carbons (Fsp3) is 0.562. The maximum atomic E-state index is 12.6. The highest BCUT2D eigenvalue weighted by Crippen LogP contribution is 2.20. The molecule has 110 valence electrons. The zero-order chi connectivity index (χ0) is 14.5.